The molecule has 1 aliphatic carbocycles. The number of nitrogens with zero attached hydrogens (tertiary/aromatic N) is 4. The third-order valence-corrected chi connectivity index (χ3v) is 7.38. The number of rotatable bonds is 8. The molecule has 0 spiro atoms. The molecule has 0 saturated heterocycles. The monoisotopic (exact) mass is 529 g/mol. The van der Waals surface area contributed by atoms with Crippen LogP contribution in [-0.2, 0) is 6.54 Å². The van der Waals surface area contributed by atoms with Crippen molar-refractivity contribution in [2.75, 3.05) is 19.5 Å². The minimum atomic E-state index is -1.62. The summed E-state index contributed by atoms with van der Waals surface area (Å²) < 4.78 is 18.9. The molecule has 8 nitrogen and oxygen atoms in total. The van der Waals surface area contributed by atoms with Crippen molar-refractivity contribution in [1.82, 2.24) is 19.9 Å². The van der Waals surface area contributed by atoms with Crippen LogP contribution in [-0.4, -0.2) is 42.2 Å². The number of pyridine rings is 1. The maximum atomic E-state index is 5.92. The van der Waals surface area contributed by atoms with Gasteiger partial charge in [-0.1, -0.05) is 30.7 Å². The number of hydrogen-bond donors (Lipinski definition) is 1. The molecule has 0 unspecified atom stereocenters. The zero-order valence-corrected chi connectivity index (χ0v) is 24.2. The zero-order valence-electron chi connectivity index (χ0n) is 23.2. The van der Waals surface area contributed by atoms with Crippen molar-refractivity contribution in [2.45, 2.75) is 64.8 Å². The van der Waals surface area contributed by atoms with Crippen molar-refractivity contribution in [1.29, 1.82) is 0 Å². The van der Waals surface area contributed by atoms with E-state index in [1.165, 1.54) is 0 Å². The van der Waals surface area contributed by atoms with E-state index in [0.717, 1.165) is 63.6 Å². The maximum Gasteiger partial charge on any atom is 0.156 e. The smallest absolute Gasteiger partial charge is 0.156 e. The summed E-state index contributed by atoms with van der Waals surface area (Å²) in [7, 11) is 1.69. The standard InChI is InChI=1S/C29H35N5O3Si/c1-18(2)34-23-12-14-30-29(31-17-20-10-11-21(35-3)16-24(20)36-4)25(23)27(32-34)26-22(13-15-38(5,6)7)28(37-33-26)19-8-9-19/h10-12,14,16,18-19H,8-9,17H2,1-7H3,(H,30,31). The van der Waals surface area contributed by atoms with Gasteiger partial charge < -0.3 is 19.3 Å². The molecule has 4 aromatic rings. The van der Waals surface area contributed by atoms with Crippen molar-refractivity contribution >= 4 is 24.8 Å². The molecule has 9 heteroatoms. The van der Waals surface area contributed by atoms with Gasteiger partial charge in [-0.15, -0.1) is 5.54 Å². The Kier molecular flexibility index (Phi) is 6.93. The zero-order chi connectivity index (χ0) is 27.0. The molecule has 1 N–H and O–H groups in total. The summed E-state index contributed by atoms with van der Waals surface area (Å²) >= 11 is 0. The van der Waals surface area contributed by atoms with Gasteiger partial charge >= 0.3 is 0 Å². The number of hydrogen-bond acceptors (Lipinski definition) is 7. The van der Waals surface area contributed by atoms with Crippen LogP contribution in [0.25, 0.3) is 22.3 Å². The van der Waals surface area contributed by atoms with Crippen LogP contribution >= 0.6 is 0 Å². The van der Waals surface area contributed by atoms with Crippen LogP contribution in [0.1, 0.15) is 55.5 Å². The number of ether oxygens (including phenoxy) is 2. The molecule has 0 aliphatic heterocycles. The molecule has 0 amide bonds. The number of fused-ring (bicyclic) bond motifs is 1. The number of nitrogens with one attached hydrogen (secondary N) is 1. The van der Waals surface area contributed by atoms with Gasteiger partial charge in [0, 0.05) is 36.3 Å². The van der Waals surface area contributed by atoms with E-state index in [4.69, 9.17) is 24.1 Å². The van der Waals surface area contributed by atoms with Crippen molar-refractivity contribution in [3.8, 4) is 34.4 Å². The number of benzene rings is 1. The molecule has 198 valence electrons. The third-order valence-electron chi connectivity index (χ3n) is 6.50. The van der Waals surface area contributed by atoms with E-state index in [-0.39, 0.29) is 6.04 Å². The third kappa shape index (κ3) is 5.14. The predicted octanol–water partition coefficient (Wildman–Crippen LogP) is 6.40. The average Bonchev–Trinajstić information content (AvgIpc) is 3.53. The summed E-state index contributed by atoms with van der Waals surface area (Å²) in [6.07, 6.45) is 4.02. The van der Waals surface area contributed by atoms with Crippen molar-refractivity contribution < 1.29 is 14.0 Å². The van der Waals surface area contributed by atoms with E-state index < -0.39 is 8.07 Å². The Labute approximate surface area is 224 Å². The second kappa shape index (κ2) is 10.2. The summed E-state index contributed by atoms with van der Waals surface area (Å²) in [5.41, 5.74) is 7.79. The highest BCUT2D eigenvalue weighted by Crippen LogP contribution is 2.45. The molecule has 1 aliphatic rings. The van der Waals surface area contributed by atoms with Crippen molar-refractivity contribution in [2.24, 2.45) is 0 Å². The van der Waals surface area contributed by atoms with E-state index in [0.29, 0.717) is 18.2 Å². The highest BCUT2D eigenvalue weighted by molar-refractivity contribution is 6.83. The second-order valence-electron chi connectivity index (χ2n) is 11.0. The lowest BCUT2D eigenvalue weighted by molar-refractivity contribution is 0.385. The molecular weight excluding hydrogens is 494 g/mol. The molecule has 1 aromatic carbocycles. The summed E-state index contributed by atoms with van der Waals surface area (Å²) in [6.45, 7) is 11.5. The molecule has 38 heavy (non-hydrogen) atoms. The van der Waals surface area contributed by atoms with E-state index in [2.05, 4.69) is 55.4 Å². The lowest BCUT2D eigenvalue weighted by Crippen LogP contribution is -2.16. The van der Waals surface area contributed by atoms with Gasteiger partial charge in [-0.05, 0) is 44.9 Å². The Morgan fingerprint density at radius 3 is 2.58 bits per heavy atom. The van der Waals surface area contributed by atoms with Crippen molar-refractivity contribution in [3.05, 3.63) is 47.3 Å². The summed E-state index contributed by atoms with van der Waals surface area (Å²) in [5.74, 6) is 6.96. The predicted molar refractivity (Wildman–Crippen MR) is 152 cm³/mol. The van der Waals surface area contributed by atoms with Gasteiger partial charge in [0.1, 0.15) is 31.1 Å². The topological polar surface area (TPSA) is 87.2 Å². The van der Waals surface area contributed by atoms with Gasteiger partial charge in [0.25, 0.3) is 0 Å². The van der Waals surface area contributed by atoms with Crippen LogP contribution in [0.15, 0.2) is 35.0 Å². The molecule has 3 heterocycles. The molecule has 0 atom stereocenters. The summed E-state index contributed by atoms with van der Waals surface area (Å²) in [6, 6.07) is 7.95. The van der Waals surface area contributed by atoms with Crippen molar-refractivity contribution in [3.63, 3.8) is 0 Å². The SMILES string of the molecule is COc1ccc(CNc2nccc3c2c(-c2noc(C4CC4)c2C#C[Si](C)(C)C)nn3C(C)C)c(OC)c1. The van der Waals surface area contributed by atoms with Gasteiger partial charge in [-0.25, -0.2) is 4.98 Å². The minimum Gasteiger partial charge on any atom is -0.497 e. The van der Waals surface area contributed by atoms with Crippen LogP contribution in [0.4, 0.5) is 5.82 Å². The molecule has 3 aromatic heterocycles. The number of anilines is 1. The largest absolute Gasteiger partial charge is 0.497 e. The Bertz CT molecular complexity index is 1530. The lowest BCUT2D eigenvalue weighted by atomic mass is 10.1. The molecule has 5 rings (SSSR count). The number of methoxy groups -OCH3 is 2. The Morgan fingerprint density at radius 1 is 1.13 bits per heavy atom. The van der Waals surface area contributed by atoms with Crippen LogP contribution < -0.4 is 14.8 Å². The minimum absolute atomic E-state index is 0.148. The fourth-order valence-electron chi connectivity index (χ4n) is 4.42. The lowest BCUT2D eigenvalue weighted by Gasteiger charge is -2.13. The van der Waals surface area contributed by atoms with Crippen LogP contribution in [0.5, 0.6) is 11.5 Å². The van der Waals surface area contributed by atoms with E-state index >= 15 is 0 Å². The van der Waals surface area contributed by atoms with E-state index in [1.54, 1.807) is 14.2 Å². The van der Waals surface area contributed by atoms with Gasteiger partial charge in [-0.3, -0.25) is 4.68 Å². The fraction of sp³-hybridized carbons (Fsp3) is 0.414. The van der Waals surface area contributed by atoms with Gasteiger partial charge in [-0.2, -0.15) is 5.10 Å². The summed E-state index contributed by atoms with van der Waals surface area (Å²) in [5, 5.41) is 14.0. The second-order valence-corrected chi connectivity index (χ2v) is 15.8. The Balaban J connectivity index is 1.63. The molecule has 0 bridgehead atoms. The Morgan fingerprint density at radius 2 is 1.92 bits per heavy atom. The van der Waals surface area contributed by atoms with Gasteiger partial charge in [0.2, 0.25) is 0 Å². The average molecular weight is 530 g/mol. The fourth-order valence-corrected chi connectivity index (χ4v) is 4.92. The van der Waals surface area contributed by atoms with Gasteiger partial charge in [0.15, 0.2) is 11.5 Å². The van der Waals surface area contributed by atoms with Crippen LogP contribution in [0.3, 0.4) is 0 Å². The highest BCUT2D eigenvalue weighted by atomic mass is 28.3. The normalized spacial score (nSPS) is 13.5. The number of aromatic nitrogens is 4. The first kappa shape index (κ1) is 25.9. The summed E-state index contributed by atoms with van der Waals surface area (Å²) in [4.78, 5) is 4.72. The van der Waals surface area contributed by atoms with Crippen LogP contribution in [0, 0.1) is 11.5 Å². The van der Waals surface area contributed by atoms with E-state index in [9.17, 15) is 0 Å². The molecule has 0 radical (unpaired) electrons. The first-order chi connectivity index (χ1) is 18.2. The quantitative estimate of drug-likeness (QED) is 0.209. The van der Waals surface area contributed by atoms with E-state index in [1.807, 2.05) is 35.1 Å². The highest BCUT2D eigenvalue weighted by Gasteiger charge is 2.34. The first-order valence-corrected chi connectivity index (χ1v) is 16.5. The maximum absolute atomic E-state index is 5.92. The first-order valence-electron chi connectivity index (χ1n) is 13.0. The molecular formula is C29H35N5O3Si. The molecule has 1 fully saturated rings. The Hall–Kier alpha value is -3.77. The van der Waals surface area contributed by atoms with Crippen LogP contribution in [0.2, 0.25) is 19.6 Å². The molecule has 1 saturated carbocycles. The van der Waals surface area contributed by atoms with Gasteiger partial charge in [0.05, 0.1) is 30.7 Å².